The largest absolute Gasteiger partial charge is 0.497 e. The third-order valence-corrected chi connectivity index (χ3v) is 2.99. The van der Waals surface area contributed by atoms with E-state index in [0.29, 0.717) is 18.8 Å². The summed E-state index contributed by atoms with van der Waals surface area (Å²) >= 11 is 5.69. The van der Waals surface area contributed by atoms with E-state index in [1.807, 2.05) is 24.3 Å². The van der Waals surface area contributed by atoms with Crippen LogP contribution in [0.25, 0.3) is 0 Å². The Bertz CT molecular complexity index is 560. The summed E-state index contributed by atoms with van der Waals surface area (Å²) in [4.78, 5) is 0. The molecule has 0 aliphatic carbocycles. The molecule has 20 heavy (non-hydrogen) atoms. The van der Waals surface area contributed by atoms with Gasteiger partial charge in [-0.2, -0.15) is 0 Å². The Hall–Kier alpha value is -1.94. The normalized spacial score (nSPS) is 10.2. The summed E-state index contributed by atoms with van der Waals surface area (Å²) in [7, 11) is 1.61. The fraction of sp³-hybridized carbons (Fsp3) is 0.200. The number of methoxy groups -OCH3 is 1. The monoisotopic (exact) mass is 295 g/mol. The lowest BCUT2D eigenvalue weighted by Gasteiger charge is -2.10. The van der Waals surface area contributed by atoms with Gasteiger partial charge in [0.25, 0.3) is 0 Å². The van der Waals surface area contributed by atoms with Crippen LogP contribution in [0.4, 0.5) is 10.1 Å². The highest BCUT2D eigenvalue weighted by Crippen LogP contribution is 2.21. The molecule has 2 aromatic carbocycles. The van der Waals surface area contributed by atoms with E-state index in [9.17, 15) is 4.39 Å². The molecule has 0 aromatic heterocycles. The number of nitrogens with one attached hydrogen (secondary N) is 1. The quantitative estimate of drug-likeness (QED) is 0.818. The van der Waals surface area contributed by atoms with E-state index in [1.54, 1.807) is 19.2 Å². The van der Waals surface area contributed by atoms with Crippen LogP contribution in [0.5, 0.6) is 11.5 Å². The second kappa shape index (κ2) is 7.01. The smallest absolute Gasteiger partial charge is 0.164 e. The molecule has 0 spiro atoms. The van der Waals surface area contributed by atoms with Gasteiger partial charge in [-0.25, -0.2) is 4.39 Å². The number of halogens is 2. The molecular formula is C15H15ClFNO2. The van der Waals surface area contributed by atoms with Gasteiger partial charge in [0.2, 0.25) is 0 Å². The van der Waals surface area contributed by atoms with Gasteiger partial charge in [0, 0.05) is 6.54 Å². The van der Waals surface area contributed by atoms with E-state index >= 15 is 0 Å². The molecule has 0 heterocycles. The number of ether oxygens (including phenoxy) is 2. The minimum absolute atomic E-state index is 0.103. The Labute approximate surface area is 122 Å². The summed E-state index contributed by atoms with van der Waals surface area (Å²) in [5.74, 6) is 1.06. The molecule has 2 aromatic rings. The molecule has 3 nitrogen and oxygen atoms in total. The molecule has 0 saturated heterocycles. The molecule has 2 rings (SSSR count). The number of anilines is 1. The average Bonchev–Trinajstić information content (AvgIpc) is 2.48. The number of benzene rings is 2. The Morgan fingerprint density at radius 1 is 1.10 bits per heavy atom. The summed E-state index contributed by atoms with van der Waals surface area (Å²) in [6, 6.07) is 12.1. The van der Waals surface area contributed by atoms with Gasteiger partial charge in [-0.1, -0.05) is 17.7 Å². The molecule has 1 N–H and O–H groups in total. The maximum Gasteiger partial charge on any atom is 0.164 e. The maximum atomic E-state index is 13.6. The highest BCUT2D eigenvalue weighted by molar-refractivity contribution is 6.31. The van der Waals surface area contributed by atoms with Gasteiger partial charge in [-0.15, -0.1) is 0 Å². The fourth-order valence-corrected chi connectivity index (χ4v) is 1.84. The van der Waals surface area contributed by atoms with E-state index in [4.69, 9.17) is 21.1 Å². The van der Waals surface area contributed by atoms with Crippen molar-refractivity contribution in [3.05, 3.63) is 53.3 Å². The molecule has 0 saturated carbocycles. The second-order valence-corrected chi connectivity index (χ2v) is 4.46. The van der Waals surface area contributed by atoms with Crippen LogP contribution in [0, 0.1) is 5.82 Å². The molecule has 106 valence electrons. The van der Waals surface area contributed by atoms with Crippen molar-refractivity contribution in [1.29, 1.82) is 0 Å². The van der Waals surface area contributed by atoms with Crippen LogP contribution in [0.1, 0.15) is 0 Å². The molecule has 0 atom stereocenters. The van der Waals surface area contributed by atoms with Crippen molar-refractivity contribution < 1.29 is 13.9 Å². The standard InChI is InChI=1S/C15H15ClFNO2/c1-19-11-5-7-12(8-6-11)20-10-9-18-14-4-2-3-13(16)15(14)17/h2-8,18H,9-10H2,1H3. The Balaban J connectivity index is 1.80. The number of hydrogen-bond acceptors (Lipinski definition) is 3. The first-order chi connectivity index (χ1) is 9.70. The van der Waals surface area contributed by atoms with E-state index in [-0.39, 0.29) is 5.02 Å². The first-order valence-corrected chi connectivity index (χ1v) is 6.53. The van der Waals surface area contributed by atoms with Gasteiger partial charge in [0.05, 0.1) is 17.8 Å². The molecule has 0 bridgehead atoms. The Kier molecular flexibility index (Phi) is 5.07. The molecule has 0 unspecified atom stereocenters. The number of hydrogen-bond donors (Lipinski definition) is 1. The van der Waals surface area contributed by atoms with Crippen LogP contribution in [0.15, 0.2) is 42.5 Å². The molecule has 0 amide bonds. The minimum Gasteiger partial charge on any atom is -0.497 e. The zero-order valence-electron chi connectivity index (χ0n) is 11.0. The van der Waals surface area contributed by atoms with Crippen LogP contribution in [-0.2, 0) is 0 Å². The highest BCUT2D eigenvalue weighted by Gasteiger charge is 2.04. The second-order valence-electron chi connectivity index (χ2n) is 4.05. The van der Waals surface area contributed by atoms with Gasteiger partial charge >= 0.3 is 0 Å². The van der Waals surface area contributed by atoms with E-state index < -0.39 is 5.82 Å². The average molecular weight is 296 g/mol. The van der Waals surface area contributed by atoms with E-state index in [2.05, 4.69) is 5.32 Å². The van der Waals surface area contributed by atoms with Crippen molar-refractivity contribution in [3.8, 4) is 11.5 Å². The van der Waals surface area contributed by atoms with Gasteiger partial charge < -0.3 is 14.8 Å². The summed E-state index contributed by atoms with van der Waals surface area (Å²) in [6.45, 7) is 0.890. The zero-order valence-corrected chi connectivity index (χ0v) is 11.8. The van der Waals surface area contributed by atoms with Crippen molar-refractivity contribution in [3.63, 3.8) is 0 Å². The Morgan fingerprint density at radius 3 is 2.50 bits per heavy atom. The maximum absolute atomic E-state index is 13.6. The zero-order chi connectivity index (χ0) is 14.4. The van der Waals surface area contributed by atoms with Crippen molar-refractivity contribution in [1.82, 2.24) is 0 Å². The molecule has 0 fully saturated rings. The first kappa shape index (κ1) is 14.5. The molecular weight excluding hydrogens is 281 g/mol. The summed E-state index contributed by atoms with van der Waals surface area (Å²) in [6.07, 6.45) is 0. The van der Waals surface area contributed by atoms with Crippen LogP contribution in [0.3, 0.4) is 0 Å². The summed E-state index contributed by atoms with van der Waals surface area (Å²) in [5, 5.41) is 3.04. The molecule has 0 aliphatic rings. The van der Waals surface area contributed by atoms with Crippen molar-refractivity contribution in [2.75, 3.05) is 25.6 Å². The van der Waals surface area contributed by atoms with E-state index in [1.165, 1.54) is 6.07 Å². The van der Waals surface area contributed by atoms with Crippen molar-refractivity contribution in [2.45, 2.75) is 0 Å². The van der Waals surface area contributed by atoms with Gasteiger partial charge in [-0.3, -0.25) is 0 Å². The predicted molar refractivity (Wildman–Crippen MR) is 78.4 cm³/mol. The lowest BCUT2D eigenvalue weighted by atomic mass is 10.3. The van der Waals surface area contributed by atoms with Crippen LogP contribution < -0.4 is 14.8 Å². The van der Waals surface area contributed by atoms with Crippen LogP contribution >= 0.6 is 11.6 Å². The van der Waals surface area contributed by atoms with E-state index in [0.717, 1.165) is 11.5 Å². The first-order valence-electron chi connectivity index (χ1n) is 6.15. The predicted octanol–water partition coefficient (Wildman–Crippen LogP) is 3.98. The molecule has 0 aliphatic heterocycles. The van der Waals surface area contributed by atoms with Gasteiger partial charge in [0.1, 0.15) is 18.1 Å². The van der Waals surface area contributed by atoms with Crippen LogP contribution in [-0.4, -0.2) is 20.3 Å². The lowest BCUT2D eigenvalue weighted by molar-refractivity contribution is 0.331. The molecule has 0 radical (unpaired) electrons. The summed E-state index contributed by atoms with van der Waals surface area (Å²) in [5.41, 5.74) is 0.371. The Morgan fingerprint density at radius 2 is 1.80 bits per heavy atom. The number of rotatable bonds is 6. The summed E-state index contributed by atoms with van der Waals surface area (Å²) < 4.78 is 24.2. The topological polar surface area (TPSA) is 30.5 Å². The lowest BCUT2D eigenvalue weighted by Crippen LogP contribution is -2.12. The van der Waals surface area contributed by atoms with Crippen molar-refractivity contribution >= 4 is 17.3 Å². The van der Waals surface area contributed by atoms with Gasteiger partial charge in [0.15, 0.2) is 5.82 Å². The van der Waals surface area contributed by atoms with Crippen molar-refractivity contribution in [2.24, 2.45) is 0 Å². The fourth-order valence-electron chi connectivity index (χ4n) is 1.67. The van der Waals surface area contributed by atoms with Crippen LogP contribution in [0.2, 0.25) is 5.02 Å². The highest BCUT2D eigenvalue weighted by atomic mass is 35.5. The van der Waals surface area contributed by atoms with Gasteiger partial charge in [-0.05, 0) is 36.4 Å². The SMILES string of the molecule is COc1ccc(OCCNc2cccc(Cl)c2F)cc1. The minimum atomic E-state index is -0.446. The molecule has 5 heteroatoms. The third kappa shape index (κ3) is 3.78. The third-order valence-electron chi connectivity index (χ3n) is 2.70.